The molecule has 2 nitrogen and oxygen atoms in total. The summed E-state index contributed by atoms with van der Waals surface area (Å²) in [6.07, 6.45) is -4.23. The van der Waals surface area contributed by atoms with Gasteiger partial charge in [0, 0.05) is 13.1 Å². The number of hydrogen-bond acceptors (Lipinski definition) is 2. The van der Waals surface area contributed by atoms with Gasteiger partial charge in [0.2, 0.25) is 0 Å². The highest BCUT2D eigenvalue weighted by atomic mass is 19.4. The molecule has 0 aliphatic carbocycles. The van der Waals surface area contributed by atoms with E-state index < -0.39 is 18.3 Å². The van der Waals surface area contributed by atoms with Crippen LogP contribution in [0.4, 0.5) is 13.2 Å². The van der Waals surface area contributed by atoms with Gasteiger partial charge < -0.3 is 10.6 Å². The quantitative estimate of drug-likeness (QED) is 0.769. The molecule has 0 amide bonds. The standard InChI is InChI=1S/C11H13F3N2/c12-11(13,14)10-9(15-6-7-16-10)8-4-2-1-3-5-8/h1-5,9-10,15-16H,6-7H2/t9-,10-/m0/s1. The van der Waals surface area contributed by atoms with Crippen molar-refractivity contribution in [3.8, 4) is 0 Å². The summed E-state index contributed by atoms with van der Waals surface area (Å²) in [4.78, 5) is 0. The van der Waals surface area contributed by atoms with E-state index in [4.69, 9.17) is 0 Å². The maximum atomic E-state index is 12.8. The molecule has 0 spiro atoms. The molecule has 0 saturated carbocycles. The Hall–Kier alpha value is -1.07. The highest BCUT2D eigenvalue weighted by Crippen LogP contribution is 2.31. The van der Waals surface area contributed by atoms with Crippen LogP contribution in [-0.2, 0) is 0 Å². The lowest BCUT2D eigenvalue weighted by molar-refractivity contribution is -0.166. The van der Waals surface area contributed by atoms with Crippen molar-refractivity contribution in [3.05, 3.63) is 35.9 Å². The Balaban J connectivity index is 2.24. The Labute approximate surface area is 91.8 Å². The van der Waals surface area contributed by atoms with E-state index >= 15 is 0 Å². The molecule has 1 heterocycles. The van der Waals surface area contributed by atoms with Crippen molar-refractivity contribution in [1.29, 1.82) is 0 Å². The summed E-state index contributed by atoms with van der Waals surface area (Å²) in [6, 6.07) is 6.51. The minimum absolute atomic E-state index is 0.341. The molecular formula is C11H13F3N2. The van der Waals surface area contributed by atoms with Gasteiger partial charge >= 0.3 is 6.18 Å². The smallest absolute Gasteiger partial charge is 0.307 e. The summed E-state index contributed by atoms with van der Waals surface area (Å²) in [5, 5.41) is 5.43. The zero-order chi connectivity index (χ0) is 11.6. The summed E-state index contributed by atoms with van der Waals surface area (Å²) in [5.41, 5.74) is 0.664. The number of benzene rings is 1. The molecule has 1 saturated heterocycles. The zero-order valence-corrected chi connectivity index (χ0v) is 8.59. The predicted octanol–water partition coefficient (Wildman–Crippen LogP) is 1.85. The fourth-order valence-electron chi connectivity index (χ4n) is 1.97. The minimum atomic E-state index is -4.23. The van der Waals surface area contributed by atoms with Crippen molar-refractivity contribution in [1.82, 2.24) is 10.6 Å². The maximum absolute atomic E-state index is 12.8. The van der Waals surface area contributed by atoms with Crippen LogP contribution in [0.3, 0.4) is 0 Å². The van der Waals surface area contributed by atoms with E-state index in [1.807, 2.05) is 0 Å². The van der Waals surface area contributed by atoms with Gasteiger partial charge in [0.1, 0.15) is 6.04 Å². The van der Waals surface area contributed by atoms with Crippen LogP contribution in [-0.4, -0.2) is 25.3 Å². The van der Waals surface area contributed by atoms with Gasteiger partial charge in [-0.25, -0.2) is 0 Å². The fourth-order valence-corrected chi connectivity index (χ4v) is 1.97. The molecule has 1 aliphatic rings. The molecule has 2 N–H and O–H groups in total. The average Bonchev–Trinajstić information content (AvgIpc) is 2.29. The van der Waals surface area contributed by atoms with Crippen molar-refractivity contribution >= 4 is 0 Å². The second kappa shape index (κ2) is 4.43. The summed E-state index contributed by atoms with van der Waals surface area (Å²) >= 11 is 0. The Kier molecular flexibility index (Phi) is 3.16. The van der Waals surface area contributed by atoms with E-state index in [0.717, 1.165) is 0 Å². The lowest BCUT2D eigenvalue weighted by Crippen LogP contribution is -2.57. The maximum Gasteiger partial charge on any atom is 0.405 e. The summed E-state index contributed by atoms with van der Waals surface area (Å²) in [5.74, 6) is 0. The highest BCUT2D eigenvalue weighted by molar-refractivity contribution is 5.22. The Morgan fingerprint density at radius 1 is 1.00 bits per heavy atom. The van der Waals surface area contributed by atoms with Crippen molar-refractivity contribution < 1.29 is 13.2 Å². The second-order valence-electron chi connectivity index (χ2n) is 3.82. The van der Waals surface area contributed by atoms with Gasteiger partial charge in [-0.2, -0.15) is 13.2 Å². The number of rotatable bonds is 1. The number of halogens is 3. The van der Waals surface area contributed by atoms with Crippen LogP contribution in [0.5, 0.6) is 0 Å². The van der Waals surface area contributed by atoms with E-state index in [1.54, 1.807) is 30.3 Å². The Bertz CT molecular complexity index is 337. The Morgan fingerprint density at radius 3 is 2.25 bits per heavy atom. The first-order valence-electron chi connectivity index (χ1n) is 5.17. The van der Waals surface area contributed by atoms with Crippen LogP contribution in [0.2, 0.25) is 0 Å². The van der Waals surface area contributed by atoms with Crippen molar-refractivity contribution in [2.24, 2.45) is 0 Å². The molecule has 2 rings (SSSR count). The summed E-state index contributed by atoms with van der Waals surface area (Å²) in [7, 11) is 0. The second-order valence-corrected chi connectivity index (χ2v) is 3.82. The summed E-state index contributed by atoms with van der Waals surface area (Å²) < 4.78 is 38.3. The van der Waals surface area contributed by atoms with Crippen LogP contribution in [0.25, 0.3) is 0 Å². The molecule has 0 aromatic heterocycles. The van der Waals surface area contributed by atoms with Gasteiger partial charge in [-0.15, -0.1) is 0 Å². The molecular weight excluding hydrogens is 217 g/mol. The third kappa shape index (κ3) is 2.36. The first kappa shape index (κ1) is 11.4. The fraction of sp³-hybridized carbons (Fsp3) is 0.455. The lowest BCUT2D eigenvalue weighted by atomic mass is 9.97. The van der Waals surface area contributed by atoms with E-state index in [1.165, 1.54) is 0 Å². The predicted molar refractivity (Wildman–Crippen MR) is 55.0 cm³/mol. The molecule has 0 bridgehead atoms. The van der Waals surface area contributed by atoms with Crippen molar-refractivity contribution in [3.63, 3.8) is 0 Å². The lowest BCUT2D eigenvalue weighted by Gasteiger charge is -2.35. The van der Waals surface area contributed by atoms with Crippen LogP contribution < -0.4 is 10.6 Å². The SMILES string of the molecule is FC(F)(F)[C@H]1NCCN[C@H]1c1ccccc1. The van der Waals surface area contributed by atoms with Crippen molar-refractivity contribution in [2.75, 3.05) is 13.1 Å². The molecule has 1 aliphatic heterocycles. The zero-order valence-electron chi connectivity index (χ0n) is 8.59. The molecule has 2 atom stereocenters. The van der Waals surface area contributed by atoms with Gasteiger partial charge in [0.15, 0.2) is 0 Å². The van der Waals surface area contributed by atoms with E-state index in [2.05, 4.69) is 10.6 Å². The average molecular weight is 230 g/mol. The van der Waals surface area contributed by atoms with Gasteiger partial charge in [0.25, 0.3) is 0 Å². The largest absolute Gasteiger partial charge is 0.405 e. The molecule has 1 aromatic rings. The van der Waals surface area contributed by atoms with Crippen molar-refractivity contribution in [2.45, 2.75) is 18.3 Å². The molecule has 88 valence electrons. The van der Waals surface area contributed by atoms with E-state index in [9.17, 15) is 13.2 Å². The molecule has 0 unspecified atom stereocenters. The van der Waals surface area contributed by atoms with Crippen LogP contribution >= 0.6 is 0 Å². The highest BCUT2D eigenvalue weighted by Gasteiger charge is 2.46. The van der Waals surface area contributed by atoms with Gasteiger partial charge in [0.05, 0.1) is 6.04 Å². The van der Waals surface area contributed by atoms with Crippen LogP contribution in [0.1, 0.15) is 11.6 Å². The van der Waals surface area contributed by atoms with Gasteiger partial charge in [-0.3, -0.25) is 0 Å². The molecule has 1 aromatic carbocycles. The molecule has 16 heavy (non-hydrogen) atoms. The number of alkyl halides is 3. The normalized spacial score (nSPS) is 26.7. The van der Waals surface area contributed by atoms with Gasteiger partial charge in [-0.05, 0) is 5.56 Å². The third-order valence-corrected chi connectivity index (χ3v) is 2.70. The third-order valence-electron chi connectivity index (χ3n) is 2.70. The minimum Gasteiger partial charge on any atom is -0.307 e. The molecule has 0 radical (unpaired) electrons. The van der Waals surface area contributed by atoms with Crippen LogP contribution in [0, 0.1) is 0 Å². The van der Waals surface area contributed by atoms with Crippen LogP contribution in [0.15, 0.2) is 30.3 Å². The first-order chi connectivity index (χ1) is 7.59. The molecule has 1 fully saturated rings. The molecule has 5 heteroatoms. The number of nitrogens with one attached hydrogen (secondary N) is 2. The van der Waals surface area contributed by atoms with Gasteiger partial charge in [-0.1, -0.05) is 30.3 Å². The Morgan fingerprint density at radius 2 is 1.62 bits per heavy atom. The summed E-state index contributed by atoms with van der Waals surface area (Å²) in [6.45, 7) is 0.889. The van der Waals surface area contributed by atoms with E-state index in [0.29, 0.717) is 18.7 Å². The van der Waals surface area contributed by atoms with E-state index in [-0.39, 0.29) is 0 Å². The number of hydrogen-bond donors (Lipinski definition) is 2. The number of piperazine rings is 1. The monoisotopic (exact) mass is 230 g/mol. The first-order valence-corrected chi connectivity index (χ1v) is 5.17. The topological polar surface area (TPSA) is 24.1 Å².